The van der Waals surface area contributed by atoms with Crippen molar-refractivity contribution >= 4 is 18.0 Å². The van der Waals surface area contributed by atoms with Crippen LogP contribution in [0.2, 0.25) is 0 Å². The molecule has 0 bridgehead atoms. The maximum Gasteiger partial charge on any atom is 0.133 e. The molecule has 86 valence electrons. The third-order valence-corrected chi connectivity index (χ3v) is 3.59. The van der Waals surface area contributed by atoms with Crippen LogP contribution in [0.25, 0.3) is 0 Å². The molecule has 0 saturated heterocycles. The van der Waals surface area contributed by atoms with E-state index in [9.17, 15) is 4.79 Å². The van der Waals surface area contributed by atoms with Crippen LogP contribution < -0.4 is 0 Å². The molecule has 0 aliphatic rings. The zero-order valence-corrected chi connectivity index (χ0v) is 10.3. The molecule has 0 spiro atoms. The Labute approximate surface area is 106 Å². The van der Waals surface area contributed by atoms with Crippen molar-refractivity contribution in [1.82, 2.24) is 0 Å². The quantitative estimate of drug-likeness (QED) is 0.589. The van der Waals surface area contributed by atoms with E-state index in [2.05, 4.69) is 12.1 Å². The predicted octanol–water partition coefficient (Wildman–Crippen LogP) is 3.59. The van der Waals surface area contributed by atoms with Crippen molar-refractivity contribution in [2.75, 3.05) is 0 Å². The van der Waals surface area contributed by atoms with Gasteiger partial charge >= 0.3 is 0 Å². The van der Waals surface area contributed by atoms with Crippen LogP contribution >= 0.6 is 11.8 Å². The monoisotopic (exact) mass is 242 g/mol. The van der Waals surface area contributed by atoms with Gasteiger partial charge in [-0.25, -0.2) is 0 Å². The highest BCUT2D eigenvalue weighted by atomic mass is 32.2. The maximum absolute atomic E-state index is 11.1. The van der Waals surface area contributed by atoms with Crippen molar-refractivity contribution in [3.63, 3.8) is 0 Å². The van der Waals surface area contributed by atoms with Gasteiger partial charge in [0.1, 0.15) is 6.29 Å². The Bertz CT molecular complexity index is 411. The lowest BCUT2D eigenvalue weighted by molar-refractivity contribution is -0.107. The molecule has 0 aromatic heterocycles. The van der Waals surface area contributed by atoms with Crippen LogP contribution in [0.15, 0.2) is 65.6 Å². The number of benzene rings is 2. The molecule has 0 N–H and O–H groups in total. The van der Waals surface area contributed by atoms with E-state index in [-0.39, 0.29) is 5.25 Å². The molecule has 0 saturated carbocycles. The van der Waals surface area contributed by atoms with Crippen molar-refractivity contribution in [2.24, 2.45) is 0 Å². The number of thioether (sulfide) groups is 1. The minimum Gasteiger partial charge on any atom is -0.302 e. The van der Waals surface area contributed by atoms with E-state index in [0.717, 1.165) is 17.6 Å². The number of carbonyl (C=O) groups is 1. The molecule has 2 rings (SSSR count). The van der Waals surface area contributed by atoms with Crippen molar-refractivity contribution in [2.45, 2.75) is 16.6 Å². The van der Waals surface area contributed by atoms with Crippen LogP contribution in [-0.4, -0.2) is 11.5 Å². The van der Waals surface area contributed by atoms with Crippen LogP contribution in [0.1, 0.15) is 5.56 Å². The molecule has 17 heavy (non-hydrogen) atoms. The average Bonchev–Trinajstić information content (AvgIpc) is 2.40. The largest absolute Gasteiger partial charge is 0.302 e. The third-order valence-electron chi connectivity index (χ3n) is 2.46. The molecule has 1 nitrogen and oxygen atoms in total. The average molecular weight is 242 g/mol. The van der Waals surface area contributed by atoms with Gasteiger partial charge in [0, 0.05) is 4.90 Å². The highest BCUT2D eigenvalue weighted by Gasteiger charge is 2.09. The van der Waals surface area contributed by atoms with Crippen molar-refractivity contribution in [3.8, 4) is 0 Å². The molecular formula is C15H14OS. The van der Waals surface area contributed by atoms with Crippen LogP contribution in [0, 0.1) is 0 Å². The minimum absolute atomic E-state index is 0.0141. The molecule has 0 amide bonds. The second-order valence-corrected chi connectivity index (χ2v) is 5.11. The predicted molar refractivity (Wildman–Crippen MR) is 72.3 cm³/mol. The fraction of sp³-hybridized carbons (Fsp3) is 0.133. The first-order chi connectivity index (χ1) is 8.38. The fourth-order valence-electron chi connectivity index (χ4n) is 1.64. The summed E-state index contributed by atoms with van der Waals surface area (Å²) in [5.74, 6) is 0. The Morgan fingerprint density at radius 1 is 0.941 bits per heavy atom. The van der Waals surface area contributed by atoms with Crippen molar-refractivity contribution < 1.29 is 4.79 Å². The Balaban J connectivity index is 2.01. The number of carbonyl (C=O) groups excluding carboxylic acids is 1. The zero-order chi connectivity index (χ0) is 11.9. The lowest BCUT2D eigenvalue weighted by atomic mass is 10.1. The lowest BCUT2D eigenvalue weighted by Gasteiger charge is -2.09. The molecule has 0 unspecified atom stereocenters. The first-order valence-electron chi connectivity index (χ1n) is 5.59. The van der Waals surface area contributed by atoms with Crippen LogP contribution in [0.4, 0.5) is 0 Å². The summed E-state index contributed by atoms with van der Waals surface area (Å²) in [6.07, 6.45) is 1.81. The van der Waals surface area contributed by atoms with Gasteiger partial charge in [-0.2, -0.15) is 0 Å². The van der Waals surface area contributed by atoms with Crippen molar-refractivity contribution in [1.29, 1.82) is 0 Å². The highest BCUT2D eigenvalue weighted by Crippen LogP contribution is 2.24. The van der Waals surface area contributed by atoms with Gasteiger partial charge in [0.15, 0.2) is 0 Å². The number of aldehydes is 1. The molecule has 0 fully saturated rings. The smallest absolute Gasteiger partial charge is 0.133 e. The summed E-state index contributed by atoms with van der Waals surface area (Å²) in [5.41, 5.74) is 1.20. The standard InChI is InChI=1S/C15H14OS/c16-12-15(11-13-7-3-1-4-8-13)17-14-9-5-2-6-10-14/h1-10,12,15H,11H2/t15-/m0/s1. The molecule has 2 aromatic rings. The molecule has 2 heteroatoms. The summed E-state index contributed by atoms with van der Waals surface area (Å²) >= 11 is 1.62. The number of rotatable bonds is 5. The SMILES string of the molecule is O=C[C@H](Cc1ccccc1)Sc1ccccc1. The van der Waals surface area contributed by atoms with Crippen LogP contribution in [0.5, 0.6) is 0 Å². The normalized spacial score (nSPS) is 12.0. The van der Waals surface area contributed by atoms with E-state index in [4.69, 9.17) is 0 Å². The summed E-state index contributed by atoms with van der Waals surface area (Å²) in [6, 6.07) is 20.2. The van der Waals surface area contributed by atoms with Crippen LogP contribution in [0.3, 0.4) is 0 Å². The van der Waals surface area contributed by atoms with Gasteiger partial charge in [-0.3, -0.25) is 0 Å². The van der Waals surface area contributed by atoms with E-state index in [1.165, 1.54) is 5.56 Å². The van der Waals surface area contributed by atoms with Gasteiger partial charge in [0.05, 0.1) is 5.25 Å². The van der Waals surface area contributed by atoms with Gasteiger partial charge in [-0.05, 0) is 24.1 Å². The molecule has 0 radical (unpaired) electrons. The van der Waals surface area contributed by atoms with Crippen molar-refractivity contribution in [3.05, 3.63) is 66.2 Å². The van der Waals surface area contributed by atoms with E-state index in [0.29, 0.717) is 0 Å². The van der Waals surface area contributed by atoms with Gasteiger partial charge in [-0.15, -0.1) is 11.8 Å². The number of hydrogen-bond acceptors (Lipinski definition) is 2. The molecule has 0 aliphatic carbocycles. The highest BCUT2D eigenvalue weighted by molar-refractivity contribution is 8.00. The second kappa shape index (κ2) is 6.26. The molecule has 0 heterocycles. The molecule has 0 aliphatic heterocycles. The van der Waals surface area contributed by atoms with Gasteiger partial charge in [-0.1, -0.05) is 48.5 Å². The number of hydrogen-bond donors (Lipinski definition) is 0. The first-order valence-corrected chi connectivity index (χ1v) is 6.47. The second-order valence-electron chi connectivity index (χ2n) is 3.80. The van der Waals surface area contributed by atoms with E-state index in [1.54, 1.807) is 11.8 Å². The van der Waals surface area contributed by atoms with E-state index in [1.807, 2.05) is 48.5 Å². The Hall–Kier alpha value is -1.54. The maximum atomic E-state index is 11.1. The topological polar surface area (TPSA) is 17.1 Å². The van der Waals surface area contributed by atoms with Crippen LogP contribution in [-0.2, 0) is 11.2 Å². The van der Waals surface area contributed by atoms with E-state index >= 15 is 0 Å². The van der Waals surface area contributed by atoms with Gasteiger partial charge in [0.2, 0.25) is 0 Å². The summed E-state index contributed by atoms with van der Waals surface area (Å²) in [7, 11) is 0. The lowest BCUT2D eigenvalue weighted by Crippen LogP contribution is -2.08. The molecule has 2 aromatic carbocycles. The summed E-state index contributed by atoms with van der Waals surface area (Å²) in [6.45, 7) is 0. The molecular weight excluding hydrogens is 228 g/mol. The Morgan fingerprint density at radius 3 is 2.12 bits per heavy atom. The zero-order valence-electron chi connectivity index (χ0n) is 9.45. The summed E-state index contributed by atoms with van der Waals surface area (Å²) in [5, 5.41) is -0.0141. The first kappa shape index (κ1) is 11.9. The Kier molecular flexibility index (Phi) is 4.39. The van der Waals surface area contributed by atoms with Gasteiger partial charge < -0.3 is 4.79 Å². The van der Waals surface area contributed by atoms with Gasteiger partial charge in [0.25, 0.3) is 0 Å². The minimum atomic E-state index is -0.0141. The molecule has 1 atom stereocenters. The third kappa shape index (κ3) is 3.75. The fourth-order valence-corrected chi connectivity index (χ4v) is 2.63. The summed E-state index contributed by atoms with van der Waals surface area (Å²) < 4.78 is 0. The Morgan fingerprint density at radius 2 is 1.53 bits per heavy atom. The summed E-state index contributed by atoms with van der Waals surface area (Å²) in [4.78, 5) is 12.2. The van der Waals surface area contributed by atoms with E-state index < -0.39 is 0 Å².